The van der Waals surface area contributed by atoms with Crippen LogP contribution in [0.3, 0.4) is 0 Å². The van der Waals surface area contributed by atoms with Gasteiger partial charge in [0.1, 0.15) is 6.23 Å². The summed E-state index contributed by atoms with van der Waals surface area (Å²) in [6, 6.07) is 0.621. The molecule has 0 amide bonds. The van der Waals surface area contributed by atoms with Crippen LogP contribution in [0, 0.1) is 11.3 Å². The largest absolute Gasteiger partial charge is 0.385 e. The number of fused-ring (bicyclic) bond motifs is 2. The summed E-state index contributed by atoms with van der Waals surface area (Å²) in [5, 5.41) is 10.7. The van der Waals surface area contributed by atoms with Crippen LogP contribution in [-0.4, -0.2) is 90.2 Å². The van der Waals surface area contributed by atoms with Gasteiger partial charge in [0.05, 0.1) is 0 Å². The molecule has 5 nitrogen and oxygen atoms in total. The maximum absolute atomic E-state index is 10.1. The second kappa shape index (κ2) is 8.94. The molecule has 0 aromatic carbocycles. The first-order valence-electron chi connectivity index (χ1n) is 11.3. The van der Waals surface area contributed by atoms with Crippen molar-refractivity contribution in [1.29, 1.82) is 0 Å². The van der Waals surface area contributed by atoms with Crippen LogP contribution < -0.4 is 0 Å². The molecule has 28 heavy (non-hydrogen) atoms. The zero-order valence-corrected chi connectivity index (χ0v) is 18.8. The van der Waals surface area contributed by atoms with Crippen LogP contribution in [0.2, 0.25) is 0 Å². The monoisotopic (exact) mass is 409 g/mol. The number of ether oxygens (including phenoxy) is 1. The van der Waals surface area contributed by atoms with Gasteiger partial charge in [-0.25, -0.2) is 4.31 Å². The van der Waals surface area contributed by atoms with E-state index in [1.54, 1.807) is 12.7 Å². The van der Waals surface area contributed by atoms with Crippen LogP contribution in [0.15, 0.2) is 11.6 Å². The molecule has 1 N–H and O–H groups in total. The molecule has 2 aliphatic heterocycles. The highest BCUT2D eigenvalue weighted by atomic mass is 32.2. The summed E-state index contributed by atoms with van der Waals surface area (Å²) in [5.74, 6) is 0.928. The van der Waals surface area contributed by atoms with E-state index in [0.717, 1.165) is 45.1 Å². The average Bonchev–Trinajstić information content (AvgIpc) is 3.31. The van der Waals surface area contributed by atoms with Crippen molar-refractivity contribution in [3.8, 4) is 0 Å². The van der Waals surface area contributed by atoms with E-state index < -0.39 is 0 Å². The third-order valence-corrected chi connectivity index (χ3v) is 8.53. The zero-order chi connectivity index (χ0) is 19.7. The maximum atomic E-state index is 10.1. The van der Waals surface area contributed by atoms with Gasteiger partial charge >= 0.3 is 0 Å². The van der Waals surface area contributed by atoms with Crippen LogP contribution in [0.25, 0.3) is 0 Å². The van der Waals surface area contributed by atoms with Crippen molar-refractivity contribution in [1.82, 2.24) is 14.1 Å². The molecule has 2 aliphatic carbocycles. The first-order chi connectivity index (χ1) is 13.5. The minimum atomic E-state index is -0.326. The van der Waals surface area contributed by atoms with Gasteiger partial charge in [-0.05, 0) is 64.0 Å². The Hall–Kier alpha value is -0.110. The van der Waals surface area contributed by atoms with Crippen molar-refractivity contribution in [2.75, 3.05) is 53.5 Å². The molecule has 4 aliphatic rings. The molecule has 1 saturated carbocycles. The fourth-order valence-corrected chi connectivity index (χ4v) is 6.93. The minimum Gasteiger partial charge on any atom is -0.385 e. The molecule has 0 aromatic heterocycles. The molecule has 4 atom stereocenters. The van der Waals surface area contributed by atoms with Crippen molar-refractivity contribution < 1.29 is 9.84 Å². The Morgan fingerprint density at radius 2 is 2.14 bits per heavy atom. The van der Waals surface area contributed by atoms with Crippen molar-refractivity contribution in [2.24, 2.45) is 11.3 Å². The second-order valence-electron chi connectivity index (χ2n) is 9.58. The van der Waals surface area contributed by atoms with Gasteiger partial charge in [-0.2, -0.15) is 0 Å². The maximum Gasteiger partial charge on any atom is 0.104 e. The van der Waals surface area contributed by atoms with E-state index in [1.807, 2.05) is 6.92 Å². The van der Waals surface area contributed by atoms with Crippen molar-refractivity contribution >= 4 is 11.9 Å². The van der Waals surface area contributed by atoms with Gasteiger partial charge < -0.3 is 9.84 Å². The fraction of sp³-hybridized carbons (Fsp3) is 0.909. The first-order valence-corrected chi connectivity index (χ1v) is 12.1. The highest BCUT2D eigenvalue weighted by Crippen LogP contribution is 2.50. The number of likely N-dealkylation sites (N-methyl/N-ethyl adjacent to an activating group) is 1. The number of hydrogen-bond acceptors (Lipinski definition) is 6. The number of methoxy groups -OCH3 is 1. The number of rotatable bonds is 9. The smallest absolute Gasteiger partial charge is 0.104 e. The molecule has 6 heteroatoms. The Morgan fingerprint density at radius 1 is 1.32 bits per heavy atom. The Kier molecular flexibility index (Phi) is 6.75. The molecule has 4 unspecified atom stereocenters. The summed E-state index contributed by atoms with van der Waals surface area (Å²) in [5.41, 5.74) is 1.96. The van der Waals surface area contributed by atoms with Crippen LogP contribution in [0.4, 0.5) is 0 Å². The third kappa shape index (κ3) is 4.62. The molecule has 4 rings (SSSR count). The molecular formula is C22H39N3O2S. The number of likely N-dealkylation sites (tertiary alicyclic amines) is 2. The second-order valence-corrected chi connectivity index (χ2v) is 10.9. The number of hydrogen-bond donors (Lipinski definition) is 1. The molecule has 160 valence electrons. The van der Waals surface area contributed by atoms with Crippen molar-refractivity contribution in [3.05, 3.63) is 11.6 Å². The summed E-state index contributed by atoms with van der Waals surface area (Å²) in [6.45, 7) is 8.37. The molecule has 0 bridgehead atoms. The van der Waals surface area contributed by atoms with E-state index in [2.05, 4.69) is 39.2 Å². The molecule has 0 radical (unpaired) electrons. The van der Waals surface area contributed by atoms with Crippen molar-refractivity contribution in [2.45, 2.75) is 63.0 Å². The van der Waals surface area contributed by atoms with Gasteiger partial charge in [-0.15, -0.1) is 0 Å². The van der Waals surface area contributed by atoms with E-state index in [4.69, 9.17) is 4.74 Å². The van der Waals surface area contributed by atoms with Gasteiger partial charge in [0.25, 0.3) is 0 Å². The van der Waals surface area contributed by atoms with Crippen LogP contribution in [-0.2, 0) is 4.74 Å². The van der Waals surface area contributed by atoms with E-state index in [9.17, 15) is 5.11 Å². The number of aliphatic hydroxyl groups is 1. The lowest BCUT2D eigenvalue weighted by atomic mass is 9.76. The molecule has 2 saturated heterocycles. The number of nitrogens with zero attached hydrogens (tertiary/aromatic N) is 3. The summed E-state index contributed by atoms with van der Waals surface area (Å²) in [7, 11) is 4.11. The lowest BCUT2D eigenvalue weighted by Crippen LogP contribution is -2.36. The zero-order valence-electron chi connectivity index (χ0n) is 18.0. The first kappa shape index (κ1) is 21.1. The van der Waals surface area contributed by atoms with Gasteiger partial charge in [0.2, 0.25) is 0 Å². The normalized spacial score (nSPS) is 35.0. The third-order valence-electron chi connectivity index (χ3n) is 7.26. The van der Waals surface area contributed by atoms with Gasteiger partial charge in [-0.1, -0.05) is 18.0 Å². The molecule has 0 aromatic rings. The highest BCUT2D eigenvalue weighted by molar-refractivity contribution is 7.97. The van der Waals surface area contributed by atoms with Gasteiger partial charge in [0.15, 0.2) is 0 Å². The number of aliphatic hydroxyl groups excluding tert-OH is 1. The van der Waals surface area contributed by atoms with Crippen LogP contribution in [0.5, 0.6) is 0 Å². The predicted molar refractivity (Wildman–Crippen MR) is 116 cm³/mol. The minimum absolute atomic E-state index is 0.271. The average molecular weight is 410 g/mol. The van der Waals surface area contributed by atoms with E-state index >= 15 is 0 Å². The lowest BCUT2D eigenvalue weighted by Gasteiger charge is -2.34. The Morgan fingerprint density at radius 3 is 2.82 bits per heavy atom. The summed E-state index contributed by atoms with van der Waals surface area (Å²) in [6.07, 6.45) is 10.0. The Bertz CT molecular complexity index is 568. The predicted octanol–water partition coefficient (Wildman–Crippen LogP) is 2.82. The van der Waals surface area contributed by atoms with Crippen molar-refractivity contribution in [3.63, 3.8) is 0 Å². The van der Waals surface area contributed by atoms with Gasteiger partial charge in [0, 0.05) is 63.1 Å². The SMILES string of the molecule is COCCCN(CC1CC1)SC1C=C2C(CC1)N(C)CC21CCN(C(C)O)C1. The topological polar surface area (TPSA) is 39.2 Å². The van der Waals surface area contributed by atoms with E-state index in [1.165, 1.54) is 38.6 Å². The molecular weight excluding hydrogens is 370 g/mol. The van der Waals surface area contributed by atoms with Crippen LogP contribution in [0.1, 0.15) is 45.4 Å². The summed E-state index contributed by atoms with van der Waals surface area (Å²) < 4.78 is 7.93. The van der Waals surface area contributed by atoms with E-state index in [-0.39, 0.29) is 11.6 Å². The molecule has 2 heterocycles. The lowest BCUT2D eigenvalue weighted by molar-refractivity contribution is 0.0304. The molecule has 1 spiro atoms. The quantitative estimate of drug-likeness (QED) is 0.359. The summed E-state index contributed by atoms with van der Waals surface area (Å²) in [4.78, 5) is 4.84. The van der Waals surface area contributed by atoms with Crippen LogP contribution >= 0.6 is 11.9 Å². The molecule has 3 fully saturated rings. The fourth-order valence-electron chi connectivity index (χ4n) is 5.56. The Balaban J connectivity index is 1.45. The van der Waals surface area contributed by atoms with E-state index in [0.29, 0.717) is 11.3 Å². The highest BCUT2D eigenvalue weighted by Gasteiger charge is 2.52. The Labute approximate surface area is 175 Å². The summed E-state index contributed by atoms with van der Waals surface area (Å²) >= 11 is 2.10. The standard InChI is InChI=1S/C22H39N3O2S/c1-17(26)24-11-9-22(16-24)15-23(2)21-8-7-19(13-20(21)22)28-25(10-4-12-27-3)14-18-5-6-18/h13,17-19,21,26H,4-12,14-16H2,1-3H3. The van der Waals surface area contributed by atoms with Gasteiger partial charge in [-0.3, -0.25) is 9.80 Å².